The fourth-order valence-electron chi connectivity index (χ4n) is 1.44. The molecule has 0 aromatic carbocycles. The quantitative estimate of drug-likeness (QED) is 0.852. The van der Waals surface area contributed by atoms with Crippen molar-refractivity contribution in [1.29, 1.82) is 0 Å². The van der Waals surface area contributed by atoms with Crippen LogP contribution in [0.2, 0.25) is 0 Å². The maximum Gasteiger partial charge on any atom is 0.151 e. The van der Waals surface area contributed by atoms with Crippen molar-refractivity contribution in [1.82, 2.24) is 4.98 Å². The molecule has 0 saturated carbocycles. The molecule has 1 aromatic heterocycles. The molecule has 1 heterocycles. The summed E-state index contributed by atoms with van der Waals surface area (Å²) in [6, 6.07) is 2.41. The molecule has 1 atom stereocenters. The minimum atomic E-state index is 0.442. The van der Waals surface area contributed by atoms with Crippen LogP contribution in [-0.2, 0) is 0 Å². The molecule has 0 aliphatic heterocycles. The van der Waals surface area contributed by atoms with E-state index in [1.807, 2.05) is 38.0 Å². The fourth-order valence-corrected chi connectivity index (χ4v) is 2.15. The Morgan fingerprint density at radius 3 is 2.80 bits per heavy atom. The van der Waals surface area contributed by atoms with E-state index in [-0.39, 0.29) is 0 Å². The van der Waals surface area contributed by atoms with E-state index in [9.17, 15) is 0 Å². The van der Waals surface area contributed by atoms with Gasteiger partial charge in [-0.2, -0.15) is 11.8 Å². The predicted molar refractivity (Wildman–Crippen MR) is 69.6 cm³/mol. The Kier molecular flexibility index (Phi) is 4.27. The second kappa shape index (κ2) is 5.26. The molecule has 4 heteroatoms. The highest BCUT2D eigenvalue weighted by atomic mass is 32.2. The number of nitrogen functional groups attached to an aromatic ring is 1. The van der Waals surface area contributed by atoms with Crippen molar-refractivity contribution in [3.05, 3.63) is 17.8 Å². The first kappa shape index (κ1) is 12.2. The van der Waals surface area contributed by atoms with E-state index in [1.165, 1.54) is 0 Å². The van der Waals surface area contributed by atoms with Crippen LogP contribution in [0.15, 0.2) is 12.3 Å². The van der Waals surface area contributed by atoms with Gasteiger partial charge in [-0.05, 0) is 31.7 Å². The van der Waals surface area contributed by atoms with Crippen LogP contribution in [0.5, 0.6) is 0 Å². The van der Waals surface area contributed by atoms with Gasteiger partial charge >= 0.3 is 0 Å². The average Bonchev–Trinajstić information content (AvgIpc) is 2.17. The minimum Gasteiger partial charge on any atom is -0.396 e. The Balaban J connectivity index is 2.86. The number of hydrogen-bond donors (Lipinski definition) is 1. The van der Waals surface area contributed by atoms with Crippen molar-refractivity contribution in [2.75, 3.05) is 29.7 Å². The summed E-state index contributed by atoms with van der Waals surface area (Å²) in [5.41, 5.74) is 7.80. The smallest absolute Gasteiger partial charge is 0.151 e. The molecule has 1 rings (SSSR count). The summed E-state index contributed by atoms with van der Waals surface area (Å²) in [6.07, 6.45) is 3.96. The van der Waals surface area contributed by atoms with E-state index in [1.54, 1.807) is 0 Å². The molecule has 1 unspecified atom stereocenters. The van der Waals surface area contributed by atoms with Gasteiger partial charge in [-0.25, -0.2) is 4.98 Å². The molecule has 84 valence electrons. The van der Waals surface area contributed by atoms with E-state index < -0.39 is 0 Å². The Morgan fingerprint density at radius 1 is 1.60 bits per heavy atom. The van der Waals surface area contributed by atoms with E-state index >= 15 is 0 Å². The van der Waals surface area contributed by atoms with Crippen molar-refractivity contribution in [2.45, 2.75) is 19.9 Å². The van der Waals surface area contributed by atoms with Gasteiger partial charge in [-0.15, -0.1) is 0 Å². The normalized spacial score (nSPS) is 12.5. The minimum absolute atomic E-state index is 0.442. The molecule has 0 fully saturated rings. The van der Waals surface area contributed by atoms with Gasteiger partial charge in [0.15, 0.2) is 5.82 Å². The van der Waals surface area contributed by atoms with Gasteiger partial charge in [-0.1, -0.05) is 0 Å². The molecule has 0 bridgehead atoms. The Labute approximate surface area is 96.1 Å². The monoisotopic (exact) mass is 225 g/mol. The summed E-state index contributed by atoms with van der Waals surface area (Å²) >= 11 is 1.83. The van der Waals surface area contributed by atoms with E-state index in [0.717, 1.165) is 22.8 Å². The molecule has 0 spiro atoms. The van der Waals surface area contributed by atoms with E-state index in [2.05, 4.69) is 23.1 Å². The lowest BCUT2D eigenvalue weighted by Gasteiger charge is -2.26. The number of aromatic nitrogens is 1. The van der Waals surface area contributed by atoms with E-state index in [0.29, 0.717) is 6.04 Å². The Bertz CT molecular complexity index is 328. The number of aryl methyl sites for hydroxylation is 1. The standard InChI is InChI=1S/C11H19N3S/c1-8-5-10(12)11(13-6-8)14(3)9(2)7-15-4/h5-6,9H,7,12H2,1-4H3. The first-order valence-electron chi connectivity index (χ1n) is 5.00. The van der Waals surface area contributed by atoms with E-state index in [4.69, 9.17) is 5.73 Å². The van der Waals surface area contributed by atoms with Crippen LogP contribution >= 0.6 is 11.8 Å². The topological polar surface area (TPSA) is 42.2 Å². The lowest BCUT2D eigenvalue weighted by molar-refractivity contribution is 0.754. The zero-order chi connectivity index (χ0) is 11.4. The lowest BCUT2D eigenvalue weighted by Crippen LogP contribution is -2.32. The average molecular weight is 225 g/mol. The first-order valence-corrected chi connectivity index (χ1v) is 6.39. The number of thioether (sulfide) groups is 1. The largest absolute Gasteiger partial charge is 0.396 e. The van der Waals surface area contributed by atoms with Crippen LogP contribution in [-0.4, -0.2) is 30.1 Å². The van der Waals surface area contributed by atoms with Gasteiger partial charge < -0.3 is 10.6 Å². The van der Waals surface area contributed by atoms with Gasteiger partial charge in [0.2, 0.25) is 0 Å². The third-order valence-electron chi connectivity index (χ3n) is 2.43. The van der Waals surface area contributed by atoms with Crippen molar-refractivity contribution in [2.24, 2.45) is 0 Å². The second-order valence-electron chi connectivity index (χ2n) is 3.84. The molecule has 3 nitrogen and oxygen atoms in total. The molecule has 15 heavy (non-hydrogen) atoms. The summed E-state index contributed by atoms with van der Waals surface area (Å²) in [7, 11) is 2.04. The van der Waals surface area contributed by atoms with Crippen molar-refractivity contribution < 1.29 is 0 Å². The van der Waals surface area contributed by atoms with Crippen molar-refractivity contribution >= 4 is 23.3 Å². The van der Waals surface area contributed by atoms with Crippen LogP contribution in [0.4, 0.5) is 11.5 Å². The molecule has 0 aliphatic carbocycles. The number of pyridine rings is 1. The van der Waals surface area contributed by atoms with Crippen LogP contribution in [0.3, 0.4) is 0 Å². The molecule has 0 amide bonds. The fraction of sp³-hybridized carbons (Fsp3) is 0.545. The van der Waals surface area contributed by atoms with Gasteiger partial charge in [0.1, 0.15) is 0 Å². The highest BCUT2D eigenvalue weighted by molar-refractivity contribution is 7.98. The zero-order valence-electron chi connectivity index (χ0n) is 9.82. The molecule has 2 N–H and O–H groups in total. The number of hydrogen-bond acceptors (Lipinski definition) is 4. The molecular formula is C11H19N3S. The summed E-state index contributed by atoms with van der Waals surface area (Å²) in [5, 5.41) is 0. The lowest BCUT2D eigenvalue weighted by atomic mass is 10.2. The second-order valence-corrected chi connectivity index (χ2v) is 4.75. The third-order valence-corrected chi connectivity index (χ3v) is 3.25. The molecule has 0 saturated heterocycles. The Morgan fingerprint density at radius 2 is 2.27 bits per heavy atom. The SMILES string of the molecule is CSCC(C)N(C)c1ncc(C)cc1N. The molecule has 0 aliphatic rings. The highest BCUT2D eigenvalue weighted by Crippen LogP contribution is 2.22. The van der Waals surface area contributed by atoms with Crippen LogP contribution in [0.1, 0.15) is 12.5 Å². The van der Waals surface area contributed by atoms with Gasteiger partial charge in [-0.3, -0.25) is 0 Å². The maximum atomic E-state index is 5.95. The zero-order valence-corrected chi connectivity index (χ0v) is 10.6. The summed E-state index contributed by atoms with van der Waals surface area (Å²) in [5.74, 6) is 1.95. The van der Waals surface area contributed by atoms with Gasteiger partial charge in [0.25, 0.3) is 0 Å². The molecule has 1 aromatic rings. The summed E-state index contributed by atoms with van der Waals surface area (Å²) < 4.78 is 0. The number of rotatable bonds is 4. The van der Waals surface area contributed by atoms with Crippen molar-refractivity contribution in [3.63, 3.8) is 0 Å². The highest BCUT2D eigenvalue weighted by Gasteiger charge is 2.13. The summed E-state index contributed by atoms with van der Waals surface area (Å²) in [4.78, 5) is 6.50. The van der Waals surface area contributed by atoms with Crippen LogP contribution in [0.25, 0.3) is 0 Å². The number of anilines is 2. The first-order chi connectivity index (χ1) is 7.06. The predicted octanol–water partition coefficient (Wildman–Crippen LogP) is 2.16. The van der Waals surface area contributed by atoms with Crippen LogP contribution < -0.4 is 10.6 Å². The van der Waals surface area contributed by atoms with Crippen LogP contribution in [0, 0.1) is 6.92 Å². The Hall–Kier alpha value is -0.900. The number of nitrogens with two attached hydrogens (primary N) is 1. The molecule has 0 radical (unpaired) electrons. The van der Waals surface area contributed by atoms with Crippen molar-refractivity contribution in [3.8, 4) is 0 Å². The summed E-state index contributed by atoms with van der Waals surface area (Å²) in [6.45, 7) is 4.18. The maximum absolute atomic E-state index is 5.95. The third kappa shape index (κ3) is 3.02. The number of nitrogens with zero attached hydrogens (tertiary/aromatic N) is 2. The van der Waals surface area contributed by atoms with Gasteiger partial charge in [0, 0.05) is 25.0 Å². The molecular weight excluding hydrogens is 206 g/mol. The van der Waals surface area contributed by atoms with Gasteiger partial charge in [0.05, 0.1) is 5.69 Å².